The van der Waals surface area contributed by atoms with Crippen LogP contribution in [0, 0.1) is 0 Å². The second kappa shape index (κ2) is 3.70. The van der Waals surface area contributed by atoms with Gasteiger partial charge in [0.25, 0.3) is 0 Å². The molecule has 0 radical (unpaired) electrons. The number of thiol groups is 1. The fourth-order valence-corrected chi connectivity index (χ4v) is 4.44. The third-order valence-corrected chi connectivity index (χ3v) is 5.43. The lowest BCUT2D eigenvalue weighted by molar-refractivity contribution is 0.112. The van der Waals surface area contributed by atoms with Gasteiger partial charge in [0.1, 0.15) is 0 Å². The van der Waals surface area contributed by atoms with Crippen molar-refractivity contribution in [3.63, 3.8) is 0 Å². The van der Waals surface area contributed by atoms with Crippen LogP contribution in [0.5, 0.6) is 0 Å². The maximum atomic E-state index is 10.5. The summed E-state index contributed by atoms with van der Waals surface area (Å²) in [5.41, 5.74) is 0. The summed E-state index contributed by atoms with van der Waals surface area (Å²) in [6.07, 6.45) is 2.79. The lowest BCUT2D eigenvalue weighted by Crippen LogP contribution is -1.64. The molecular formula is C9H7ClOS2. The largest absolute Gasteiger partial charge is 0.297 e. The molecule has 0 amide bonds. The van der Waals surface area contributed by atoms with Gasteiger partial charge in [0.05, 0.1) is 4.88 Å². The molecular weight excluding hydrogens is 224 g/mol. The van der Waals surface area contributed by atoms with Crippen molar-refractivity contribution in [2.24, 2.45) is 0 Å². The number of hydrogen-bond acceptors (Lipinski definition) is 2. The van der Waals surface area contributed by atoms with Crippen LogP contribution < -0.4 is 0 Å². The van der Waals surface area contributed by atoms with Crippen LogP contribution in [0.1, 0.15) is 9.67 Å². The maximum Gasteiger partial charge on any atom is 0.160 e. The number of allylic oxidation sites excluding steroid dienone is 2. The van der Waals surface area contributed by atoms with Crippen molar-refractivity contribution in [3.8, 4) is 0 Å². The smallest absolute Gasteiger partial charge is 0.160 e. The predicted molar refractivity (Wildman–Crippen MR) is 60.0 cm³/mol. The Labute approximate surface area is 88.1 Å². The van der Waals surface area contributed by atoms with Gasteiger partial charge in [0, 0.05) is 9.24 Å². The van der Waals surface area contributed by atoms with Gasteiger partial charge in [-0.25, -0.2) is 0 Å². The highest BCUT2D eigenvalue weighted by atomic mass is 35.5. The summed E-state index contributed by atoms with van der Waals surface area (Å²) in [6.45, 7) is 0. The molecule has 1 aromatic rings. The van der Waals surface area contributed by atoms with Crippen molar-refractivity contribution in [1.82, 2.24) is 0 Å². The molecule has 0 N–H and O–H groups in total. The fraction of sp³-hybridized carbons (Fsp3) is 0. The van der Waals surface area contributed by atoms with Crippen LogP contribution >= 0.6 is 33.8 Å². The number of carbonyl (C=O) groups is 1. The van der Waals surface area contributed by atoms with E-state index < -0.39 is 0 Å². The van der Waals surface area contributed by atoms with Crippen LogP contribution in [0.15, 0.2) is 38.3 Å². The van der Waals surface area contributed by atoms with E-state index in [4.69, 9.17) is 11.6 Å². The first-order valence-electron chi connectivity index (χ1n) is 3.68. The molecule has 2 heterocycles. The van der Waals surface area contributed by atoms with Crippen molar-refractivity contribution in [3.05, 3.63) is 38.9 Å². The van der Waals surface area contributed by atoms with E-state index in [2.05, 4.69) is 5.41 Å². The minimum atomic E-state index is -0.379. The summed E-state index contributed by atoms with van der Waals surface area (Å²) in [4.78, 5) is 11.2. The average Bonchev–Trinajstić information content (AvgIpc) is 2.71. The minimum Gasteiger partial charge on any atom is -0.297 e. The standard InChI is InChI=1S/C9H7ClOS2/c10-7-3-4-13(6-7)9-2-1-8(5-11)12-9/h1-6,13H. The molecule has 4 heteroatoms. The van der Waals surface area contributed by atoms with E-state index in [9.17, 15) is 4.79 Å². The van der Waals surface area contributed by atoms with Crippen molar-refractivity contribution >= 4 is 40.1 Å². The predicted octanol–water partition coefficient (Wildman–Crippen LogP) is 3.53. The third-order valence-electron chi connectivity index (χ3n) is 1.64. The Bertz CT molecular complexity index is 392. The van der Waals surface area contributed by atoms with Crippen LogP contribution in [0.4, 0.5) is 0 Å². The van der Waals surface area contributed by atoms with E-state index in [1.54, 1.807) is 0 Å². The highest BCUT2D eigenvalue weighted by molar-refractivity contribution is 8.23. The molecule has 1 aliphatic heterocycles. The van der Waals surface area contributed by atoms with Gasteiger partial charge in [0.2, 0.25) is 0 Å². The summed E-state index contributed by atoms with van der Waals surface area (Å²) < 4.78 is 1.23. The van der Waals surface area contributed by atoms with Gasteiger partial charge in [-0.2, -0.15) is 10.9 Å². The number of aldehydes is 1. The van der Waals surface area contributed by atoms with Gasteiger partial charge in [-0.05, 0) is 29.0 Å². The minimum absolute atomic E-state index is 0.379. The van der Waals surface area contributed by atoms with Crippen molar-refractivity contribution in [2.75, 3.05) is 0 Å². The first-order valence-corrected chi connectivity index (χ1v) is 6.36. The van der Waals surface area contributed by atoms with Gasteiger partial charge in [-0.15, -0.1) is 11.3 Å². The lowest BCUT2D eigenvalue weighted by atomic mass is 10.5. The molecule has 0 saturated carbocycles. The second-order valence-corrected chi connectivity index (χ2v) is 6.24. The van der Waals surface area contributed by atoms with Crippen LogP contribution in [-0.2, 0) is 0 Å². The van der Waals surface area contributed by atoms with Crippen LogP contribution in [0.25, 0.3) is 0 Å². The Morgan fingerprint density at radius 1 is 1.46 bits per heavy atom. The van der Waals surface area contributed by atoms with Crippen LogP contribution in [0.2, 0.25) is 0 Å². The van der Waals surface area contributed by atoms with Crippen molar-refractivity contribution < 1.29 is 4.79 Å². The molecule has 1 aliphatic rings. The monoisotopic (exact) mass is 230 g/mol. The SMILES string of the molecule is O=Cc1ccc([SH]2C=CC(Cl)=C2)s1. The third kappa shape index (κ3) is 1.88. The molecule has 68 valence electrons. The summed E-state index contributed by atoms with van der Waals surface area (Å²) in [7, 11) is -0.379. The molecule has 0 aromatic carbocycles. The number of carbonyl (C=O) groups excluding carboxylic acids is 1. The van der Waals surface area contributed by atoms with Gasteiger partial charge >= 0.3 is 0 Å². The molecule has 1 atom stereocenters. The summed E-state index contributed by atoms with van der Waals surface area (Å²) in [5, 5.41) is 4.93. The van der Waals surface area contributed by atoms with E-state index in [0.717, 1.165) is 16.2 Å². The number of hydrogen-bond donors (Lipinski definition) is 1. The van der Waals surface area contributed by atoms with Gasteiger partial charge in [-0.1, -0.05) is 11.6 Å². The van der Waals surface area contributed by atoms with Gasteiger partial charge in [0.15, 0.2) is 6.29 Å². The number of thiophene rings is 1. The molecule has 0 bridgehead atoms. The maximum absolute atomic E-state index is 10.5. The topological polar surface area (TPSA) is 17.1 Å². The van der Waals surface area contributed by atoms with E-state index in [1.165, 1.54) is 15.5 Å². The fourth-order valence-electron chi connectivity index (χ4n) is 1.05. The Kier molecular flexibility index (Phi) is 2.58. The molecule has 1 nitrogen and oxygen atoms in total. The van der Waals surface area contributed by atoms with E-state index in [0.29, 0.717) is 0 Å². The Balaban J connectivity index is 2.27. The highest BCUT2D eigenvalue weighted by Gasteiger charge is 2.09. The first kappa shape index (κ1) is 9.06. The Morgan fingerprint density at radius 3 is 2.85 bits per heavy atom. The average molecular weight is 231 g/mol. The van der Waals surface area contributed by atoms with E-state index >= 15 is 0 Å². The Morgan fingerprint density at radius 2 is 2.31 bits per heavy atom. The quantitative estimate of drug-likeness (QED) is 0.608. The van der Waals surface area contributed by atoms with Crippen LogP contribution in [0.3, 0.4) is 0 Å². The normalized spacial score (nSPS) is 23.2. The van der Waals surface area contributed by atoms with E-state index in [-0.39, 0.29) is 10.9 Å². The summed E-state index contributed by atoms with van der Waals surface area (Å²) in [6, 6.07) is 3.85. The lowest BCUT2D eigenvalue weighted by Gasteiger charge is -2.04. The van der Waals surface area contributed by atoms with Crippen LogP contribution in [-0.4, -0.2) is 6.29 Å². The molecule has 0 spiro atoms. The molecule has 0 aliphatic carbocycles. The molecule has 0 saturated heterocycles. The van der Waals surface area contributed by atoms with Crippen molar-refractivity contribution in [1.29, 1.82) is 0 Å². The zero-order valence-electron chi connectivity index (χ0n) is 6.61. The van der Waals surface area contributed by atoms with Crippen molar-refractivity contribution in [2.45, 2.75) is 4.21 Å². The molecule has 2 rings (SSSR count). The summed E-state index contributed by atoms with van der Waals surface area (Å²) in [5.74, 6) is 0. The zero-order valence-corrected chi connectivity index (χ0v) is 9.07. The molecule has 0 fully saturated rings. The Hall–Kier alpha value is -0.510. The molecule has 1 unspecified atom stereocenters. The van der Waals surface area contributed by atoms with Gasteiger partial charge in [-0.3, -0.25) is 4.79 Å². The second-order valence-electron chi connectivity index (χ2n) is 2.53. The number of rotatable bonds is 2. The first-order chi connectivity index (χ1) is 6.29. The zero-order chi connectivity index (χ0) is 9.26. The molecule has 1 aromatic heterocycles. The summed E-state index contributed by atoms with van der Waals surface area (Å²) >= 11 is 7.36. The molecule has 13 heavy (non-hydrogen) atoms. The highest BCUT2D eigenvalue weighted by Crippen LogP contribution is 2.47. The van der Waals surface area contributed by atoms with E-state index in [1.807, 2.05) is 23.6 Å². The van der Waals surface area contributed by atoms with Gasteiger partial charge < -0.3 is 0 Å². The number of halogens is 1.